The van der Waals surface area contributed by atoms with E-state index >= 15 is 0 Å². The summed E-state index contributed by atoms with van der Waals surface area (Å²) in [5.74, 6) is 0.971. The van der Waals surface area contributed by atoms with Crippen molar-refractivity contribution in [1.29, 1.82) is 0 Å². The van der Waals surface area contributed by atoms with E-state index in [-0.39, 0.29) is 12.5 Å². The third-order valence-corrected chi connectivity index (χ3v) is 5.07. The highest BCUT2D eigenvalue weighted by atomic mass is 16.5. The largest absolute Gasteiger partial charge is 0.497 e. The number of carbonyl (C=O) groups is 1. The number of ether oxygens (including phenoxy) is 2. The molecule has 6 nitrogen and oxygen atoms in total. The average Bonchev–Trinajstić information content (AvgIpc) is 2.82. The van der Waals surface area contributed by atoms with Gasteiger partial charge in [0.1, 0.15) is 17.1 Å². The van der Waals surface area contributed by atoms with Crippen LogP contribution in [-0.2, 0) is 11.2 Å². The van der Waals surface area contributed by atoms with E-state index in [4.69, 9.17) is 13.9 Å². The van der Waals surface area contributed by atoms with E-state index in [1.807, 2.05) is 60.7 Å². The number of rotatable bonds is 8. The molecule has 1 N–H and O–H groups in total. The van der Waals surface area contributed by atoms with Gasteiger partial charge in [-0.1, -0.05) is 42.5 Å². The maximum absolute atomic E-state index is 12.1. The van der Waals surface area contributed by atoms with Crippen molar-refractivity contribution in [1.82, 2.24) is 5.32 Å². The lowest BCUT2D eigenvalue weighted by Crippen LogP contribution is -2.30. The van der Waals surface area contributed by atoms with Crippen LogP contribution in [0.3, 0.4) is 0 Å². The Morgan fingerprint density at radius 2 is 1.69 bits per heavy atom. The van der Waals surface area contributed by atoms with Crippen LogP contribution < -0.4 is 20.4 Å². The Labute approximate surface area is 185 Å². The predicted molar refractivity (Wildman–Crippen MR) is 123 cm³/mol. The Morgan fingerprint density at radius 3 is 2.44 bits per heavy atom. The summed E-state index contributed by atoms with van der Waals surface area (Å²) in [6.45, 7) is 0.409. The molecule has 0 spiro atoms. The zero-order chi connectivity index (χ0) is 22.3. The smallest absolute Gasteiger partial charge is 0.336 e. The molecule has 0 saturated heterocycles. The number of nitrogens with one attached hydrogen (secondary N) is 1. The van der Waals surface area contributed by atoms with E-state index in [1.54, 1.807) is 19.2 Å². The van der Waals surface area contributed by atoms with Crippen LogP contribution in [0.5, 0.6) is 11.5 Å². The molecule has 0 fully saturated rings. The zero-order valence-electron chi connectivity index (χ0n) is 17.7. The number of fused-ring (bicyclic) bond motifs is 1. The fourth-order valence-electron chi connectivity index (χ4n) is 3.43. The van der Waals surface area contributed by atoms with Gasteiger partial charge in [0.05, 0.1) is 7.11 Å². The minimum absolute atomic E-state index is 0.122. The summed E-state index contributed by atoms with van der Waals surface area (Å²) in [4.78, 5) is 24.2. The topological polar surface area (TPSA) is 77.8 Å². The second-order valence-corrected chi connectivity index (χ2v) is 7.24. The molecule has 4 rings (SSSR count). The Morgan fingerprint density at radius 1 is 0.938 bits per heavy atom. The Balaban J connectivity index is 1.43. The maximum Gasteiger partial charge on any atom is 0.336 e. The Bertz CT molecular complexity index is 1260. The van der Waals surface area contributed by atoms with Crippen LogP contribution in [-0.4, -0.2) is 26.2 Å². The number of methoxy groups -OCH3 is 1. The van der Waals surface area contributed by atoms with Crippen molar-refractivity contribution >= 4 is 16.9 Å². The second kappa shape index (κ2) is 9.83. The Hall–Kier alpha value is -4.06. The minimum Gasteiger partial charge on any atom is -0.497 e. The molecule has 0 aliphatic heterocycles. The van der Waals surface area contributed by atoms with Gasteiger partial charge in [0.15, 0.2) is 6.61 Å². The number of benzene rings is 3. The van der Waals surface area contributed by atoms with Gasteiger partial charge in [-0.05, 0) is 47.4 Å². The highest BCUT2D eigenvalue weighted by molar-refractivity contribution is 5.93. The van der Waals surface area contributed by atoms with Crippen LogP contribution in [0.4, 0.5) is 0 Å². The number of amides is 1. The highest BCUT2D eigenvalue weighted by Crippen LogP contribution is 2.30. The molecule has 1 amide bonds. The van der Waals surface area contributed by atoms with Crippen molar-refractivity contribution in [2.45, 2.75) is 6.42 Å². The van der Waals surface area contributed by atoms with Gasteiger partial charge >= 0.3 is 5.63 Å². The average molecular weight is 429 g/mol. The first-order valence-electron chi connectivity index (χ1n) is 10.3. The van der Waals surface area contributed by atoms with Crippen molar-refractivity contribution in [3.8, 4) is 22.6 Å². The highest BCUT2D eigenvalue weighted by Gasteiger charge is 2.10. The van der Waals surface area contributed by atoms with Gasteiger partial charge in [-0.2, -0.15) is 0 Å². The minimum atomic E-state index is -0.459. The molecule has 0 atom stereocenters. The first kappa shape index (κ1) is 21.2. The van der Waals surface area contributed by atoms with Gasteiger partial charge < -0.3 is 19.2 Å². The van der Waals surface area contributed by atoms with Crippen LogP contribution >= 0.6 is 0 Å². The van der Waals surface area contributed by atoms with Crippen LogP contribution in [0.2, 0.25) is 0 Å². The van der Waals surface area contributed by atoms with Crippen molar-refractivity contribution in [2.75, 3.05) is 20.3 Å². The maximum atomic E-state index is 12.1. The normalized spacial score (nSPS) is 10.7. The van der Waals surface area contributed by atoms with Gasteiger partial charge in [-0.3, -0.25) is 4.79 Å². The molecule has 1 heterocycles. The van der Waals surface area contributed by atoms with Crippen molar-refractivity contribution < 1.29 is 18.7 Å². The number of carbonyl (C=O) groups excluding carboxylic acids is 1. The van der Waals surface area contributed by atoms with Crippen molar-refractivity contribution in [3.05, 3.63) is 94.8 Å². The SMILES string of the molecule is COc1ccc(-c2cc(=O)oc3cc(OCC(=O)NCCc4ccccc4)ccc23)cc1. The van der Waals surface area contributed by atoms with Gasteiger partial charge in [-0.25, -0.2) is 4.79 Å². The molecule has 0 radical (unpaired) electrons. The van der Waals surface area contributed by atoms with Crippen molar-refractivity contribution in [2.24, 2.45) is 0 Å². The van der Waals surface area contributed by atoms with E-state index in [1.165, 1.54) is 6.07 Å². The molecule has 0 aliphatic carbocycles. The molecular formula is C26H23NO5. The molecule has 0 saturated carbocycles. The van der Waals surface area contributed by atoms with Crippen LogP contribution in [0.15, 0.2) is 88.1 Å². The van der Waals surface area contributed by atoms with E-state index in [0.717, 1.165) is 34.2 Å². The summed E-state index contributed by atoms with van der Waals surface area (Å²) < 4.78 is 16.2. The summed E-state index contributed by atoms with van der Waals surface area (Å²) >= 11 is 0. The first-order chi connectivity index (χ1) is 15.6. The van der Waals surface area contributed by atoms with Crippen molar-refractivity contribution in [3.63, 3.8) is 0 Å². The molecule has 0 bridgehead atoms. The molecule has 32 heavy (non-hydrogen) atoms. The molecule has 3 aromatic carbocycles. The lowest BCUT2D eigenvalue weighted by Gasteiger charge is -2.10. The third kappa shape index (κ3) is 5.16. The van der Waals surface area contributed by atoms with E-state index < -0.39 is 5.63 Å². The van der Waals surface area contributed by atoms with Gasteiger partial charge in [0, 0.05) is 24.1 Å². The second-order valence-electron chi connectivity index (χ2n) is 7.24. The molecular weight excluding hydrogens is 406 g/mol. The van der Waals surface area contributed by atoms with E-state index in [9.17, 15) is 9.59 Å². The summed E-state index contributed by atoms with van der Waals surface area (Å²) in [5, 5.41) is 3.61. The number of hydrogen-bond donors (Lipinski definition) is 1. The lowest BCUT2D eigenvalue weighted by molar-refractivity contribution is -0.123. The van der Waals surface area contributed by atoms with Gasteiger partial charge in [-0.15, -0.1) is 0 Å². The van der Waals surface area contributed by atoms with Crippen LogP contribution in [0.25, 0.3) is 22.1 Å². The molecule has 0 aliphatic rings. The zero-order valence-corrected chi connectivity index (χ0v) is 17.7. The molecule has 1 aromatic heterocycles. The summed E-state index contributed by atoms with van der Waals surface area (Å²) in [6, 6.07) is 24.1. The first-order valence-corrected chi connectivity index (χ1v) is 10.3. The fourth-order valence-corrected chi connectivity index (χ4v) is 3.43. The fraction of sp³-hybridized carbons (Fsp3) is 0.154. The van der Waals surface area contributed by atoms with E-state index in [2.05, 4.69) is 5.32 Å². The molecule has 162 valence electrons. The quantitative estimate of drug-likeness (QED) is 0.425. The van der Waals surface area contributed by atoms with Gasteiger partial charge in [0.25, 0.3) is 5.91 Å². The monoisotopic (exact) mass is 429 g/mol. The Kier molecular flexibility index (Phi) is 6.51. The summed E-state index contributed by atoms with van der Waals surface area (Å²) in [5.41, 5.74) is 2.72. The predicted octanol–water partition coefficient (Wildman–Crippen LogP) is 4.21. The standard InChI is InChI=1S/C26H23NO5/c1-30-20-9-7-19(8-10-20)23-16-26(29)32-24-15-21(11-12-22(23)24)31-17-25(28)27-14-13-18-5-3-2-4-6-18/h2-12,15-16H,13-14,17H2,1H3,(H,27,28). The molecule has 4 aromatic rings. The van der Waals surface area contributed by atoms with Gasteiger partial charge in [0.2, 0.25) is 0 Å². The van der Waals surface area contributed by atoms with E-state index in [0.29, 0.717) is 17.9 Å². The third-order valence-electron chi connectivity index (χ3n) is 5.07. The van der Waals surface area contributed by atoms with Crippen LogP contribution in [0, 0.1) is 0 Å². The molecule has 6 heteroatoms. The lowest BCUT2D eigenvalue weighted by atomic mass is 10.0. The number of hydrogen-bond acceptors (Lipinski definition) is 5. The summed E-state index contributed by atoms with van der Waals surface area (Å²) in [6.07, 6.45) is 0.752. The molecule has 0 unspecified atom stereocenters. The van der Waals surface area contributed by atoms with Crippen LogP contribution in [0.1, 0.15) is 5.56 Å². The summed E-state index contributed by atoms with van der Waals surface area (Å²) in [7, 11) is 1.60.